The number of hydrogen-bond acceptors (Lipinski definition) is 1. The topological polar surface area (TPSA) is 20.9 Å². The van der Waals surface area contributed by atoms with Crippen LogP contribution >= 0.6 is 0 Å². The molecule has 0 saturated heterocycles. The number of aromatic nitrogens is 1. The van der Waals surface area contributed by atoms with Crippen LogP contribution in [0.2, 0.25) is 0 Å². The molecule has 0 fully saturated rings. The number of pyridine rings is 1. The molecule has 0 unspecified atom stereocenters. The van der Waals surface area contributed by atoms with Crippen molar-refractivity contribution < 1.29 is 35.1 Å². The molecule has 1 heterocycles. The summed E-state index contributed by atoms with van der Waals surface area (Å²) in [4.78, 5) is 11.8. The van der Waals surface area contributed by atoms with Crippen LogP contribution in [-0.4, -0.2) is 5.78 Å². The Morgan fingerprint density at radius 3 is 2.39 bits per heavy atom. The first-order valence-electron chi connectivity index (χ1n) is 5.09. The summed E-state index contributed by atoms with van der Waals surface area (Å²) in [6.45, 7) is 0.0311. The van der Waals surface area contributed by atoms with E-state index in [1.54, 1.807) is 29.1 Å². The van der Waals surface area contributed by atoms with E-state index in [1.807, 2.05) is 6.07 Å². The molecule has 1 aromatic carbocycles. The maximum Gasteiger partial charge on any atom is 0.230 e. The minimum absolute atomic E-state index is 0. The number of carbonyl (C=O) groups is 1. The van der Waals surface area contributed by atoms with Crippen molar-refractivity contribution in [3.05, 3.63) is 66.0 Å². The maximum atomic E-state index is 13.3. The molecule has 2 aromatic rings. The summed E-state index contributed by atoms with van der Waals surface area (Å²) in [5, 5.41) is 0. The van der Waals surface area contributed by atoms with Gasteiger partial charge < -0.3 is 17.0 Å². The van der Waals surface area contributed by atoms with Crippen LogP contribution in [0, 0.1) is 11.6 Å². The van der Waals surface area contributed by atoms with Crippen LogP contribution in [0.1, 0.15) is 10.4 Å². The zero-order valence-electron chi connectivity index (χ0n) is 9.32. The molecule has 0 bridgehead atoms. The summed E-state index contributed by atoms with van der Waals surface area (Å²) in [5.41, 5.74) is -0.0947. The molecule has 5 heteroatoms. The third kappa shape index (κ3) is 3.43. The van der Waals surface area contributed by atoms with Crippen molar-refractivity contribution in [3.8, 4) is 0 Å². The van der Waals surface area contributed by atoms with E-state index < -0.39 is 17.4 Å². The van der Waals surface area contributed by atoms with E-state index in [2.05, 4.69) is 0 Å². The first kappa shape index (κ1) is 14.4. The van der Waals surface area contributed by atoms with Gasteiger partial charge in [0.2, 0.25) is 12.3 Å². The van der Waals surface area contributed by atoms with Crippen LogP contribution < -0.4 is 21.5 Å². The van der Waals surface area contributed by atoms with Gasteiger partial charge in [-0.2, -0.15) is 4.57 Å². The molecule has 0 amide bonds. The molecule has 0 atom stereocenters. The van der Waals surface area contributed by atoms with Crippen molar-refractivity contribution in [2.75, 3.05) is 0 Å². The number of carbonyl (C=O) groups excluding carboxylic acids is 1. The normalized spacial score (nSPS) is 9.67. The summed E-state index contributed by atoms with van der Waals surface area (Å²) in [5.74, 6) is -1.91. The van der Waals surface area contributed by atoms with Gasteiger partial charge in [-0.05, 0) is 12.1 Å². The Morgan fingerprint density at radius 2 is 1.78 bits per heavy atom. The van der Waals surface area contributed by atoms with Gasteiger partial charge in [-0.15, -0.1) is 0 Å². The molecule has 0 aliphatic rings. The largest absolute Gasteiger partial charge is 1.00 e. The number of ketones is 1. The fourth-order valence-corrected chi connectivity index (χ4v) is 1.51. The second kappa shape index (κ2) is 6.35. The lowest BCUT2D eigenvalue weighted by molar-refractivity contribution is -0.683. The van der Waals surface area contributed by atoms with Gasteiger partial charge in [-0.25, -0.2) is 8.78 Å². The second-order valence-electron chi connectivity index (χ2n) is 3.60. The monoisotopic (exact) mass is 313 g/mol. The van der Waals surface area contributed by atoms with Gasteiger partial charge in [0, 0.05) is 18.2 Å². The summed E-state index contributed by atoms with van der Waals surface area (Å²) in [6, 6.07) is 8.31. The van der Waals surface area contributed by atoms with Gasteiger partial charge in [-0.3, -0.25) is 4.79 Å². The van der Waals surface area contributed by atoms with Gasteiger partial charge in [0.1, 0.15) is 11.6 Å². The van der Waals surface area contributed by atoms with E-state index in [0.717, 1.165) is 12.1 Å². The van der Waals surface area contributed by atoms with Crippen LogP contribution in [0.3, 0.4) is 0 Å². The average molecular weight is 314 g/mol. The molecular formula is C13H10BrF2NO. The molecule has 1 aromatic heterocycles. The Labute approximate surface area is 114 Å². The number of rotatable bonds is 3. The van der Waals surface area contributed by atoms with Crippen molar-refractivity contribution in [3.63, 3.8) is 0 Å². The highest BCUT2D eigenvalue weighted by atomic mass is 79.9. The lowest BCUT2D eigenvalue weighted by atomic mass is 10.1. The zero-order valence-corrected chi connectivity index (χ0v) is 10.9. The van der Waals surface area contributed by atoms with Crippen molar-refractivity contribution in [1.29, 1.82) is 0 Å². The first-order chi connectivity index (χ1) is 8.16. The van der Waals surface area contributed by atoms with Gasteiger partial charge in [0.25, 0.3) is 0 Å². The van der Waals surface area contributed by atoms with Gasteiger partial charge >= 0.3 is 0 Å². The molecule has 0 aliphatic carbocycles. The lowest BCUT2D eigenvalue weighted by Gasteiger charge is -2.00. The number of nitrogens with zero attached hydrogens (tertiary/aromatic N) is 1. The molecule has 18 heavy (non-hydrogen) atoms. The van der Waals surface area contributed by atoms with E-state index in [1.165, 1.54) is 0 Å². The number of Topliss-reactive ketones (excluding diaryl/α,β-unsaturated/α-hetero) is 1. The fraction of sp³-hybridized carbons (Fsp3) is 0.0769. The van der Waals surface area contributed by atoms with E-state index in [0.29, 0.717) is 6.07 Å². The number of hydrogen-bond donors (Lipinski definition) is 0. The second-order valence-corrected chi connectivity index (χ2v) is 3.60. The van der Waals surface area contributed by atoms with E-state index in [-0.39, 0.29) is 29.1 Å². The highest BCUT2D eigenvalue weighted by Crippen LogP contribution is 2.10. The first-order valence-corrected chi connectivity index (χ1v) is 5.09. The highest BCUT2D eigenvalue weighted by Gasteiger charge is 2.16. The van der Waals surface area contributed by atoms with Gasteiger partial charge in [-0.1, -0.05) is 6.07 Å². The minimum atomic E-state index is -0.827. The van der Waals surface area contributed by atoms with Gasteiger partial charge in [0.15, 0.2) is 12.4 Å². The Bertz CT molecular complexity index is 546. The average Bonchev–Trinajstić information content (AvgIpc) is 2.30. The predicted octanol–water partition coefficient (Wildman–Crippen LogP) is -0.861. The van der Waals surface area contributed by atoms with Crippen LogP contribution in [0.4, 0.5) is 8.78 Å². The summed E-state index contributed by atoms with van der Waals surface area (Å²) in [7, 11) is 0. The minimum Gasteiger partial charge on any atom is -1.00 e. The summed E-state index contributed by atoms with van der Waals surface area (Å²) >= 11 is 0. The third-order valence-corrected chi connectivity index (χ3v) is 2.34. The molecule has 2 nitrogen and oxygen atoms in total. The summed E-state index contributed by atoms with van der Waals surface area (Å²) < 4.78 is 27.6. The molecule has 0 spiro atoms. The molecule has 0 aliphatic heterocycles. The Morgan fingerprint density at radius 1 is 1.11 bits per heavy atom. The van der Waals surface area contributed by atoms with Crippen molar-refractivity contribution in [1.82, 2.24) is 0 Å². The van der Waals surface area contributed by atoms with Crippen LogP contribution in [0.15, 0.2) is 48.8 Å². The molecule has 94 valence electrons. The fourth-order valence-electron chi connectivity index (χ4n) is 1.51. The zero-order chi connectivity index (χ0) is 12.3. The van der Waals surface area contributed by atoms with Crippen LogP contribution in [0.25, 0.3) is 0 Å². The maximum absolute atomic E-state index is 13.3. The highest BCUT2D eigenvalue weighted by molar-refractivity contribution is 5.95. The SMILES string of the molecule is O=C(C[n+]1ccccc1)c1ccc(F)cc1F.[Br-]. The number of benzene rings is 1. The molecule has 0 radical (unpaired) electrons. The van der Waals surface area contributed by atoms with Crippen molar-refractivity contribution in [2.45, 2.75) is 6.54 Å². The van der Waals surface area contributed by atoms with Crippen molar-refractivity contribution in [2.24, 2.45) is 0 Å². The molecule has 0 N–H and O–H groups in total. The molecule has 0 saturated carbocycles. The smallest absolute Gasteiger partial charge is 0.230 e. The quantitative estimate of drug-likeness (QED) is 0.534. The Hall–Kier alpha value is -1.62. The van der Waals surface area contributed by atoms with Crippen molar-refractivity contribution >= 4 is 5.78 Å². The summed E-state index contributed by atoms with van der Waals surface area (Å²) in [6.07, 6.45) is 3.42. The standard InChI is InChI=1S/C13H10F2NO.BrH/c14-10-4-5-11(12(15)8-10)13(17)9-16-6-2-1-3-7-16;/h1-8H,9H2;1H/q+1;/p-1. The van der Waals surface area contributed by atoms with Crippen LogP contribution in [-0.2, 0) is 6.54 Å². The third-order valence-electron chi connectivity index (χ3n) is 2.34. The van der Waals surface area contributed by atoms with Crippen LogP contribution in [0.5, 0.6) is 0 Å². The lowest BCUT2D eigenvalue weighted by Crippen LogP contribution is -3.00. The van der Waals surface area contributed by atoms with E-state index in [9.17, 15) is 13.6 Å². The Balaban J connectivity index is 0.00000162. The van der Waals surface area contributed by atoms with Gasteiger partial charge in [0.05, 0.1) is 5.56 Å². The molecular weight excluding hydrogens is 304 g/mol. The van der Waals surface area contributed by atoms with E-state index >= 15 is 0 Å². The van der Waals surface area contributed by atoms with E-state index in [4.69, 9.17) is 0 Å². The number of halogens is 3. The Kier molecular flexibility index (Phi) is 5.09. The predicted molar refractivity (Wildman–Crippen MR) is 57.3 cm³/mol. The molecule has 2 rings (SSSR count).